The number of aryl methyl sites for hydroxylation is 2. The Morgan fingerprint density at radius 1 is 1.21 bits per heavy atom. The van der Waals surface area contributed by atoms with Crippen LogP contribution >= 0.6 is 0 Å². The van der Waals surface area contributed by atoms with Crippen LogP contribution in [0.1, 0.15) is 39.9 Å². The predicted octanol–water partition coefficient (Wildman–Crippen LogP) is 3.50. The molecule has 1 spiro atoms. The summed E-state index contributed by atoms with van der Waals surface area (Å²) in [5.74, 6) is -2.56. The van der Waals surface area contributed by atoms with Gasteiger partial charge in [0.25, 0.3) is 5.91 Å². The standard InChI is InChI=1S/C22H25N3O2.C2HF3O2/c1-15-5-6-18(10-16(15)2)21(27)25-9-7-22(14-25)11-19(22)20(26)24-13-17-4-3-8-23-12-17;3-2(4,5)1(6)7/h3-6,8,10,12,19H,7,9,11,13-14H2,1-2H3,(H,24,26);(H,6,7). The summed E-state index contributed by atoms with van der Waals surface area (Å²) in [7, 11) is 0. The summed E-state index contributed by atoms with van der Waals surface area (Å²) in [6.45, 7) is 6.00. The van der Waals surface area contributed by atoms with Crippen LogP contribution in [-0.2, 0) is 16.1 Å². The van der Waals surface area contributed by atoms with Crippen LogP contribution in [0.25, 0.3) is 0 Å². The average Bonchev–Trinajstić information content (AvgIpc) is 3.33. The van der Waals surface area contributed by atoms with Gasteiger partial charge in [0, 0.05) is 48.9 Å². The number of hydrogen-bond donors (Lipinski definition) is 2. The molecule has 1 aliphatic carbocycles. The number of carbonyl (C=O) groups is 3. The second-order valence-corrected chi connectivity index (χ2v) is 8.78. The highest BCUT2D eigenvalue weighted by Crippen LogP contribution is 2.58. The van der Waals surface area contributed by atoms with Crippen LogP contribution in [0.5, 0.6) is 0 Å². The molecule has 2 heterocycles. The monoisotopic (exact) mass is 477 g/mol. The number of amides is 2. The van der Waals surface area contributed by atoms with Crippen molar-refractivity contribution in [2.24, 2.45) is 11.3 Å². The number of nitrogens with zero attached hydrogens (tertiary/aromatic N) is 2. The summed E-state index contributed by atoms with van der Waals surface area (Å²) in [5, 5.41) is 10.1. The highest BCUT2D eigenvalue weighted by molar-refractivity contribution is 5.95. The van der Waals surface area contributed by atoms with Gasteiger partial charge in [0.1, 0.15) is 0 Å². The lowest BCUT2D eigenvalue weighted by atomic mass is 10.0. The molecule has 2 aromatic rings. The van der Waals surface area contributed by atoms with Crippen LogP contribution in [-0.4, -0.2) is 52.0 Å². The van der Waals surface area contributed by atoms with Crippen molar-refractivity contribution in [3.63, 3.8) is 0 Å². The summed E-state index contributed by atoms with van der Waals surface area (Å²) >= 11 is 0. The lowest BCUT2D eigenvalue weighted by Crippen LogP contribution is -2.31. The third-order valence-electron chi connectivity index (χ3n) is 6.36. The van der Waals surface area contributed by atoms with E-state index in [2.05, 4.69) is 10.3 Å². The van der Waals surface area contributed by atoms with Gasteiger partial charge >= 0.3 is 12.1 Å². The lowest BCUT2D eigenvalue weighted by Gasteiger charge is -2.17. The second kappa shape index (κ2) is 9.82. The van der Waals surface area contributed by atoms with Crippen LogP contribution in [0.2, 0.25) is 0 Å². The Bertz CT molecular complexity index is 1070. The molecule has 4 rings (SSSR count). The molecular weight excluding hydrogens is 451 g/mol. The smallest absolute Gasteiger partial charge is 0.475 e. The maximum absolute atomic E-state index is 12.8. The molecule has 10 heteroatoms. The first-order chi connectivity index (χ1) is 15.9. The Kier molecular flexibility index (Phi) is 7.28. The number of rotatable bonds is 4. The molecule has 2 N–H and O–H groups in total. The fraction of sp³-hybridized carbons (Fsp3) is 0.417. The molecule has 34 heavy (non-hydrogen) atoms. The number of pyridine rings is 1. The largest absolute Gasteiger partial charge is 0.490 e. The first-order valence-electron chi connectivity index (χ1n) is 10.8. The summed E-state index contributed by atoms with van der Waals surface area (Å²) in [6.07, 6.45) is 0.195. The fourth-order valence-corrected chi connectivity index (χ4v) is 4.11. The van der Waals surface area contributed by atoms with Gasteiger partial charge in [-0.2, -0.15) is 13.2 Å². The van der Waals surface area contributed by atoms with Crippen molar-refractivity contribution in [2.45, 2.75) is 39.4 Å². The van der Waals surface area contributed by atoms with Crippen molar-refractivity contribution in [2.75, 3.05) is 13.1 Å². The fourth-order valence-electron chi connectivity index (χ4n) is 4.11. The third-order valence-corrected chi connectivity index (χ3v) is 6.36. The van der Waals surface area contributed by atoms with E-state index in [9.17, 15) is 22.8 Å². The Morgan fingerprint density at radius 3 is 2.50 bits per heavy atom. The maximum atomic E-state index is 12.8. The Hall–Kier alpha value is -3.43. The zero-order valence-electron chi connectivity index (χ0n) is 18.9. The molecule has 1 aliphatic heterocycles. The molecular formula is C24H26F3N3O4. The molecule has 1 saturated heterocycles. The van der Waals surface area contributed by atoms with Crippen molar-refractivity contribution in [3.8, 4) is 0 Å². The van der Waals surface area contributed by atoms with Crippen LogP contribution < -0.4 is 5.32 Å². The number of benzene rings is 1. The molecule has 2 amide bonds. The van der Waals surface area contributed by atoms with E-state index in [1.54, 1.807) is 12.4 Å². The van der Waals surface area contributed by atoms with Crippen molar-refractivity contribution in [1.29, 1.82) is 0 Å². The minimum atomic E-state index is -5.08. The highest BCUT2D eigenvalue weighted by atomic mass is 19.4. The van der Waals surface area contributed by atoms with E-state index in [0.29, 0.717) is 13.1 Å². The summed E-state index contributed by atoms with van der Waals surface area (Å²) in [5.41, 5.74) is 4.05. The number of aliphatic carboxylic acids is 1. The van der Waals surface area contributed by atoms with Gasteiger partial charge in [0.15, 0.2) is 0 Å². The number of aromatic nitrogens is 1. The second-order valence-electron chi connectivity index (χ2n) is 8.78. The Balaban J connectivity index is 0.000000406. The van der Waals surface area contributed by atoms with Crippen LogP contribution in [0.4, 0.5) is 13.2 Å². The van der Waals surface area contributed by atoms with Crippen molar-refractivity contribution in [1.82, 2.24) is 15.2 Å². The zero-order valence-corrected chi connectivity index (χ0v) is 18.9. The molecule has 2 atom stereocenters. The Morgan fingerprint density at radius 2 is 1.91 bits per heavy atom. The van der Waals surface area contributed by atoms with E-state index in [0.717, 1.165) is 36.1 Å². The van der Waals surface area contributed by atoms with Gasteiger partial charge < -0.3 is 15.3 Å². The number of hydrogen-bond acceptors (Lipinski definition) is 4. The van der Waals surface area contributed by atoms with Gasteiger partial charge in [-0.05, 0) is 61.6 Å². The number of likely N-dealkylation sites (tertiary alicyclic amines) is 1. The summed E-state index contributed by atoms with van der Waals surface area (Å²) in [6, 6.07) is 9.69. The lowest BCUT2D eigenvalue weighted by molar-refractivity contribution is -0.192. The number of carboxylic acids is 1. The molecule has 2 unspecified atom stereocenters. The minimum absolute atomic E-state index is 0.0194. The summed E-state index contributed by atoms with van der Waals surface area (Å²) < 4.78 is 31.7. The topological polar surface area (TPSA) is 99.6 Å². The number of halogens is 3. The van der Waals surface area contributed by atoms with Gasteiger partial charge in [-0.3, -0.25) is 14.6 Å². The molecule has 0 bridgehead atoms. The van der Waals surface area contributed by atoms with E-state index < -0.39 is 12.1 Å². The van der Waals surface area contributed by atoms with E-state index in [4.69, 9.17) is 9.90 Å². The van der Waals surface area contributed by atoms with Gasteiger partial charge in [0.05, 0.1) is 0 Å². The number of nitrogens with one attached hydrogen (secondary N) is 1. The summed E-state index contributed by atoms with van der Waals surface area (Å²) in [4.78, 5) is 40.2. The number of carboxylic acid groups (broad SMARTS) is 1. The van der Waals surface area contributed by atoms with E-state index in [1.807, 2.05) is 49.1 Å². The molecule has 7 nitrogen and oxygen atoms in total. The number of carbonyl (C=O) groups excluding carboxylic acids is 2. The van der Waals surface area contributed by atoms with Gasteiger partial charge in [-0.15, -0.1) is 0 Å². The van der Waals surface area contributed by atoms with Gasteiger partial charge in [-0.25, -0.2) is 4.79 Å². The van der Waals surface area contributed by atoms with Crippen molar-refractivity contribution >= 4 is 17.8 Å². The van der Waals surface area contributed by atoms with Crippen molar-refractivity contribution in [3.05, 3.63) is 65.0 Å². The molecule has 1 aromatic heterocycles. The van der Waals surface area contributed by atoms with Gasteiger partial charge in [-0.1, -0.05) is 12.1 Å². The minimum Gasteiger partial charge on any atom is -0.475 e. The van der Waals surface area contributed by atoms with E-state index >= 15 is 0 Å². The number of alkyl halides is 3. The molecule has 2 aliphatic rings. The first kappa shape index (κ1) is 25.2. The molecule has 1 saturated carbocycles. The zero-order chi connectivity index (χ0) is 25.1. The SMILES string of the molecule is Cc1ccc(C(=O)N2CCC3(CC3C(=O)NCc3cccnc3)C2)cc1C.O=C(O)C(F)(F)F. The quantitative estimate of drug-likeness (QED) is 0.702. The first-order valence-corrected chi connectivity index (χ1v) is 10.8. The maximum Gasteiger partial charge on any atom is 0.490 e. The predicted molar refractivity (Wildman–Crippen MR) is 117 cm³/mol. The van der Waals surface area contributed by atoms with Crippen LogP contribution in [0.15, 0.2) is 42.7 Å². The van der Waals surface area contributed by atoms with Gasteiger partial charge in [0.2, 0.25) is 5.91 Å². The molecule has 0 radical (unpaired) electrons. The average molecular weight is 477 g/mol. The molecule has 1 aromatic carbocycles. The van der Waals surface area contributed by atoms with E-state index in [1.165, 1.54) is 5.56 Å². The third kappa shape index (κ3) is 5.92. The Labute approximate surface area is 195 Å². The highest BCUT2D eigenvalue weighted by Gasteiger charge is 2.61. The molecule has 182 valence electrons. The van der Waals surface area contributed by atoms with Crippen LogP contribution in [0, 0.1) is 25.2 Å². The van der Waals surface area contributed by atoms with E-state index in [-0.39, 0.29) is 23.1 Å². The van der Waals surface area contributed by atoms with Crippen molar-refractivity contribution < 1.29 is 32.7 Å². The normalized spacial score (nSPS) is 21.0. The molecule has 2 fully saturated rings. The van der Waals surface area contributed by atoms with Crippen LogP contribution in [0.3, 0.4) is 0 Å².